The van der Waals surface area contributed by atoms with Gasteiger partial charge in [0.05, 0.1) is 18.9 Å². The summed E-state index contributed by atoms with van der Waals surface area (Å²) in [6.07, 6.45) is 0.869. The molecule has 2 aromatic heterocycles. The Kier molecular flexibility index (Phi) is 4.59. The predicted octanol–water partition coefficient (Wildman–Crippen LogP) is 2.90. The fourth-order valence-electron chi connectivity index (χ4n) is 2.73. The van der Waals surface area contributed by atoms with E-state index in [1.165, 1.54) is 0 Å². The lowest BCUT2D eigenvalue weighted by molar-refractivity contribution is 0.0520. The number of fused-ring (bicyclic) bond motifs is 1. The molecule has 2 N–H and O–H groups in total. The number of aromatic nitrogens is 3. The van der Waals surface area contributed by atoms with Crippen molar-refractivity contribution in [1.82, 2.24) is 15.2 Å². The summed E-state index contributed by atoms with van der Waals surface area (Å²) < 4.78 is 10.4. The van der Waals surface area contributed by atoms with Crippen LogP contribution in [-0.4, -0.2) is 40.3 Å². The SMILES string of the molecule is CCOC(=O)c1csc(NC(=O)c2cc(-c3ccc4c(c3)CCO4)n[nH]2)n1. The molecule has 1 aromatic carbocycles. The van der Waals surface area contributed by atoms with Crippen molar-refractivity contribution in [3.05, 3.63) is 46.6 Å². The number of rotatable bonds is 5. The highest BCUT2D eigenvalue weighted by molar-refractivity contribution is 7.14. The van der Waals surface area contributed by atoms with Gasteiger partial charge in [-0.1, -0.05) is 0 Å². The van der Waals surface area contributed by atoms with E-state index >= 15 is 0 Å². The van der Waals surface area contributed by atoms with Crippen molar-refractivity contribution in [2.45, 2.75) is 13.3 Å². The van der Waals surface area contributed by atoms with Crippen molar-refractivity contribution < 1.29 is 19.1 Å². The van der Waals surface area contributed by atoms with Gasteiger partial charge < -0.3 is 9.47 Å². The zero-order valence-electron chi connectivity index (χ0n) is 14.4. The van der Waals surface area contributed by atoms with Crippen LogP contribution in [0.5, 0.6) is 5.75 Å². The summed E-state index contributed by atoms with van der Waals surface area (Å²) in [5.74, 6) is -0.00454. The predicted molar refractivity (Wildman–Crippen MR) is 99.2 cm³/mol. The minimum Gasteiger partial charge on any atom is -0.493 e. The van der Waals surface area contributed by atoms with E-state index in [9.17, 15) is 9.59 Å². The third-order valence-corrected chi connectivity index (χ3v) is 4.77. The zero-order valence-corrected chi connectivity index (χ0v) is 15.3. The lowest BCUT2D eigenvalue weighted by Crippen LogP contribution is -2.12. The fourth-order valence-corrected chi connectivity index (χ4v) is 3.40. The molecule has 0 saturated carbocycles. The minimum atomic E-state index is -0.515. The molecule has 0 fully saturated rings. The standard InChI is InChI=1S/C18H16N4O4S/c1-2-25-17(24)14-9-27-18(19-14)20-16(23)13-8-12(21-22-13)10-3-4-15-11(7-10)5-6-26-15/h3-4,7-9H,2,5-6H2,1H3,(H,21,22)(H,19,20,23). The summed E-state index contributed by atoms with van der Waals surface area (Å²) in [5, 5.41) is 11.5. The quantitative estimate of drug-likeness (QED) is 0.655. The van der Waals surface area contributed by atoms with Crippen molar-refractivity contribution >= 4 is 28.3 Å². The van der Waals surface area contributed by atoms with E-state index in [2.05, 4.69) is 20.5 Å². The maximum Gasteiger partial charge on any atom is 0.357 e. The first-order valence-corrected chi connectivity index (χ1v) is 9.27. The maximum atomic E-state index is 12.4. The number of nitrogens with one attached hydrogen (secondary N) is 2. The molecule has 3 heterocycles. The summed E-state index contributed by atoms with van der Waals surface area (Å²) in [4.78, 5) is 28.1. The molecule has 138 valence electrons. The van der Waals surface area contributed by atoms with Crippen LogP contribution in [0.2, 0.25) is 0 Å². The van der Waals surface area contributed by atoms with E-state index in [0.717, 1.165) is 34.6 Å². The molecular weight excluding hydrogens is 368 g/mol. The van der Waals surface area contributed by atoms with E-state index in [0.29, 0.717) is 23.1 Å². The number of anilines is 1. The molecule has 0 saturated heterocycles. The van der Waals surface area contributed by atoms with Gasteiger partial charge in [-0.3, -0.25) is 15.2 Å². The Morgan fingerprint density at radius 3 is 3.11 bits per heavy atom. The number of carbonyl (C=O) groups is 2. The Balaban J connectivity index is 1.47. The number of hydrogen-bond donors (Lipinski definition) is 2. The van der Waals surface area contributed by atoms with Crippen LogP contribution in [0, 0.1) is 0 Å². The molecule has 0 bridgehead atoms. The van der Waals surface area contributed by atoms with Gasteiger partial charge in [-0.2, -0.15) is 5.10 Å². The highest BCUT2D eigenvalue weighted by Crippen LogP contribution is 2.30. The van der Waals surface area contributed by atoms with E-state index < -0.39 is 5.97 Å². The lowest BCUT2D eigenvalue weighted by atomic mass is 10.1. The Bertz CT molecular complexity index is 1010. The molecule has 1 aliphatic heterocycles. The fraction of sp³-hybridized carbons (Fsp3) is 0.222. The van der Waals surface area contributed by atoms with Crippen molar-refractivity contribution in [3.8, 4) is 17.0 Å². The van der Waals surface area contributed by atoms with E-state index in [1.807, 2.05) is 18.2 Å². The zero-order chi connectivity index (χ0) is 18.8. The second-order valence-corrected chi connectivity index (χ2v) is 6.66. The third-order valence-electron chi connectivity index (χ3n) is 4.02. The van der Waals surface area contributed by atoms with Gasteiger partial charge in [0.1, 0.15) is 11.4 Å². The van der Waals surface area contributed by atoms with Gasteiger partial charge in [-0.25, -0.2) is 9.78 Å². The van der Waals surface area contributed by atoms with E-state index in [4.69, 9.17) is 9.47 Å². The number of amides is 1. The summed E-state index contributed by atoms with van der Waals surface area (Å²) in [7, 11) is 0. The van der Waals surface area contributed by atoms with Crippen molar-refractivity contribution in [2.24, 2.45) is 0 Å². The first-order chi connectivity index (χ1) is 13.1. The van der Waals surface area contributed by atoms with Crippen LogP contribution in [0.3, 0.4) is 0 Å². The van der Waals surface area contributed by atoms with E-state index in [-0.39, 0.29) is 18.2 Å². The van der Waals surface area contributed by atoms with Gasteiger partial charge in [0.2, 0.25) is 0 Å². The number of hydrogen-bond acceptors (Lipinski definition) is 7. The average molecular weight is 384 g/mol. The lowest BCUT2D eigenvalue weighted by Gasteiger charge is -2.01. The van der Waals surface area contributed by atoms with E-state index in [1.54, 1.807) is 18.4 Å². The van der Waals surface area contributed by atoms with Crippen LogP contribution in [0.4, 0.5) is 5.13 Å². The number of carbonyl (C=O) groups excluding carboxylic acids is 2. The average Bonchev–Trinajstić information content (AvgIpc) is 3.41. The van der Waals surface area contributed by atoms with Gasteiger partial charge in [0.25, 0.3) is 5.91 Å². The van der Waals surface area contributed by atoms with Crippen molar-refractivity contribution in [1.29, 1.82) is 0 Å². The number of benzene rings is 1. The smallest absolute Gasteiger partial charge is 0.357 e. The molecule has 0 radical (unpaired) electrons. The maximum absolute atomic E-state index is 12.4. The highest BCUT2D eigenvalue weighted by atomic mass is 32.1. The second-order valence-electron chi connectivity index (χ2n) is 5.80. The summed E-state index contributed by atoms with van der Waals surface area (Å²) >= 11 is 1.15. The Hall–Kier alpha value is -3.20. The van der Waals surface area contributed by atoms with Gasteiger partial charge >= 0.3 is 5.97 Å². The van der Waals surface area contributed by atoms with Crippen molar-refractivity contribution in [3.63, 3.8) is 0 Å². The Morgan fingerprint density at radius 2 is 2.26 bits per heavy atom. The normalized spacial score (nSPS) is 12.3. The van der Waals surface area contributed by atoms with Gasteiger partial charge in [0.15, 0.2) is 10.8 Å². The minimum absolute atomic E-state index is 0.169. The van der Waals surface area contributed by atoms with Crippen LogP contribution >= 0.6 is 11.3 Å². The second kappa shape index (κ2) is 7.20. The molecular formula is C18H16N4O4S. The number of aromatic amines is 1. The summed E-state index contributed by atoms with van der Waals surface area (Å²) in [6.45, 7) is 2.68. The molecule has 0 spiro atoms. The molecule has 9 heteroatoms. The third kappa shape index (κ3) is 3.54. The largest absolute Gasteiger partial charge is 0.493 e. The molecule has 0 atom stereocenters. The Labute approximate surface area is 158 Å². The summed E-state index contributed by atoms with van der Waals surface area (Å²) in [5.41, 5.74) is 3.18. The number of H-pyrrole nitrogens is 1. The van der Waals surface area contributed by atoms with Crippen molar-refractivity contribution in [2.75, 3.05) is 18.5 Å². The molecule has 27 heavy (non-hydrogen) atoms. The number of nitrogens with zero attached hydrogens (tertiary/aromatic N) is 2. The van der Waals surface area contributed by atoms with Crippen LogP contribution < -0.4 is 10.1 Å². The summed E-state index contributed by atoms with van der Waals surface area (Å²) in [6, 6.07) is 7.52. The molecule has 4 rings (SSSR count). The molecule has 8 nitrogen and oxygen atoms in total. The molecule has 3 aromatic rings. The van der Waals surface area contributed by atoms with Crippen LogP contribution in [0.25, 0.3) is 11.3 Å². The Morgan fingerprint density at radius 1 is 1.37 bits per heavy atom. The monoisotopic (exact) mass is 384 g/mol. The van der Waals surface area contributed by atoms with Crippen LogP contribution in [0.15, 0.2) is 29.6 Å². The topological polar surface area (TPSA) is 106 Å². The van der Waals surface area contributed by atoms with Gasteiger partial charge in [-0.15, -0.1) is 11.3 Å². The van der Waals surface area contributed by atoms with Crippen LogP contribution in [0.1, 0.15) is 33.5 Å². The number of esters is 1. The molecule has 0 aliphatic carbocycles. The molecule has 0 unspecified atom stereocenters. The highest BCUT2D eigenvalue weighted by Gasteiger charge is 2.17. The molecule has 1 aliphatic rings. The van der Waals surface area contributed by atoms with Gasteiger partial charge in [-0.05, 0) is 36.8 Å². The first kappa shape index (κ1) is 17.2. The van der Waals surface area contributed by atoms with Gasteiger partial charge in [0, 0.05) is 17.4 Å². The first-order valence-electron chi connectivity index (χ1n) is 8.39. The number of thiazole rings is 1. The van der Waals surface area contributed by atoms with Crippen LogP contribution in [-0.2, 0) is 11.2 Å². The number of ether oxygens (including phenoxy) is 2. The molecule has 1 amide bonds.